The number of benzene rings is 1. The molecule has 0 saturated heterocycles. The zero-order valence-electron chi connectivity index (χ0n) is 8.74. The van der Waals surface area contributed by atoms with Gasteiger partial charge in [0.15, 0.2) is 5.13 Å². The number of anilines is 1. The van der Waals surface area contributed by atoms with Crippen LogP contribution in [0.2, 0.25) is 5.02 Å². The summed E-state index contributed by atoms with van der Waals surface area (Å²) in [7, 11) is 0. The maximum atomic E-state index is 5.92. The van der Waals surface area contributed by atoms with E-state index in [1.807, 2.05) is 30.5 Å². The molecule has 2 N–H and O–H groups in total. The van der Waals surface area contributed by atoms with Gasteiger partial charge in [-0.15, -0.1) is 11.3 Å². The lowest BCUT2D eigenvalue weighted by atomic mass is 10.2. The third-order valence-corrected chi connectivity index (χ3v) is 3.23. The van der Waals surface area contributed by atoms with E-state index in [1.165, 1.54) is 11.3 Å². The molecule has 0 aliphatic carbocycles. The predicted molar refractivity (Wildman–Crippen MR) is 67.0 cm³/mol. The minimum Gasteiger partial charge on any atom is -0.487 e. The van der Waals surface area contributed by atoms with Crippen molar-refractivity contribution in [1.82, 2.24) is 4.98 Å². The van der Waals surface area contributed by atoms with Gasteiger partial charge in [0.05, 0.1) is 5.69 Å². The van der Waals surface area contributed by atoms with Gasteiger partial charge in [-0.2, -0.15) is 0 Å². The summed E-state index contributed by atoms with van der Waals surface area (Å²) >= 11 is 7.33. The van der Waals surface area contributed by atoms with Crippen LogP contribution in [0, 0.1) is 6.92 Å². The van der Waals surface area contributed by atoms with Crippen LogP contribution >= 0.6 is 22.9 Å². The molecule has 5 heteroatoms. The number of aromatic nitrogens is 1. The van der Waals surface area contributed by atoms with Gasteiger partial charge < -0.3 is 10.5 Å². The Kier molecular flexibility index (Phi) is 3.31. The van der Waals surface area contributed by atoms with Crippen molar-refractivity contribution in [3.05, 3.63) is 39.9 Å². The van der Waals surface area contributed by atoms with Crippen molar-refractivity contribution in [2.45, 2.75) is 13.5 Å². The molecule has 2 rings (SSSR count). The zero-order valence-corrected chi connectivity index (χ0v) is 10.3. The van der Waals surface area contributed by atoms with Crippen molar-refractivity contribution in [1.29, 1.82) is 0 Å². The minimum absolute atomic E-state index is 0.425. The minimum atomic E-state index is 0.425. The fourth-order valence-corrected chi connectivity index (χ4v) is 1.92. The Hall–Kier alpha value is -1.26. The van der Waals surface area contributed by atoms with Gasteiger partial charge in [0.2, 0.25) is 0 Å². The molecule has 1 heterocycles. The van der Waals surface area contributed by atoms with Crippen LogP contribution in [-0.2, 0) is 6.61 Å². The van der Waals surface area contributed by atoms with E-state index in [1.54, 1.807) is 0 Å². The smallest absolute Gasteiger partial charge is 0.180 e. The number of thiazole rings is 1. The topological polar surface area (TPSA) is 48.1 Å². The number of halogens is 1. The molecule has 0 bridgehead atoms. The summed E-state index contributed by atoms with van der Waals surface area (Å²) in [5, 5.41) is 3.19. The summed E-state index contributed by atoms with van der Waals surface area (Å²) in [6, 6.07) is 5.56. The van der Waals surface area contributed by atoms with Crippen LogP contribution in [0.4, 0.5) is 5.13 Å². The molecule has 0 aliphatic heterocycles. The van der Waals surface area contributed by atoms with Gasteiger partial charge >= 0.3 is 0 Å². The molecule has 0 amide bonds. The standard InChI is InChI=1S/C11H11ClN2OS/c1-7-4-9(2-3-10(7)12)15-5-8-6-16-11(13)14-8/h2-4,6H,5H2,1H3,(H2,13,14). The van der Waals surface area contributed by atoms with Crippen molar-refractivity contribution in [3.63, 3.8) is 0 Å². The van der Waals surface area contributed by atoms with E-state index < -0.39 is 0 Å². The second kappa shape index (κ2) is 4.72. The van der Waals surface area contributed by atoms with Crippen molar-refractivity contribution in [2.75, 3.05) is 5.73 Å². The van der Waals surface area contributed by atoms with Crippen LogP contribution in [-0.4, -0.2) is 4.98 Å². The molecule has 0 radical (unpaired) electrons. The largest absolute Gasteiger partial charge is 0.487 e. The lowest BCUT2D eigenvalue weighted by Gasteiger charge is -2.05. The maximum Gasteiger partial charge on any atom is 0.180 e. The van der Waals surface area contributed by atoms with Gasteiger partial charge in [-0.1, -0.05) is 11.6 Å². The first kappa shape index (κ1) is 11.2. The molecular formula is C11H11ClN2OS. The average molecular weight is 255 g/mol. The first-order chi connectivity index (χ1) is 7.65. The Labute approximate surface area is 103 Å². The van der Waals surface area contributed by atoms with Gasteiger partial charge in [0.1, 0.15) is 12.4 Å². The number of hydrogen-bond acceptors (Lipinski definition) is 4. The van der Waals surface area contributed by atoms with Gasteiger partial charge in [-0.05, 0) is 30.7 Å². The van der Waals surface area contributed by atoms with E-state index >= 15 is 0 Å². The van der Waals surface area contributed by atoms with Crippen LogP contribution in [0.25, 0.3) is 0 Å². The van der Waals surface area contributed by atoms with Crippen molar-refractivity contribution >= 4 is 28.1 Å². The Balaban J connectivity index is 2.02. The highest BCUT2D eigenvalue weighted by molar-refractivity contribution is 7.13. The molecule has 0 unspecified atom stereocenters. The van der Waals surface area contributed by atoms with Crippen LogP contribution < -0.4 is 10.5 Å². The number of nitrogen functional groups attached to an aromatic ring is 1. The maximum absolute atomic E-state index is 5.92. The zero-order chi connectivity index (χ0) is 11.5. The molecule has 0 saturated carbocycles. The first-order valence-corrected chi connectivity index (χ1v) is 6.00. The molecule has 3 nitrogen and oxygen atoms in total. The molecule has 0 atom stereocenters. The van der Waals surface area contributed by atoms with E-state index in [-0.39, 0.29) is 0 Å². The first-order valence-electron chi connectivity index (χ1n) is 4.74. The Morgan fingerprint density at radius 1 is 1.50 bits per heavy atom. The summed E-state index contributed by atoms with van der Waals surface area (Å²) in [6.45, 7) is 2.37. The highest BCUT2D eigenvalue weighted by Crippen LogP contribution is 2.22. The van der Waals surface area contributed by atoms with Crippen LogP contribution in [0.3, 0.4) is 0 Å². The Morgan fingerprint density at radius 2 is 2.31 bits per heavy atom. The number of ether oxygens (including phenoxy) is 1. The van der Waals surface area contributed by atoms with Crippen molar-refractivity contribution < 1.29 is 4.74 Å². The Bertz CT molecular complexity index is 498. The van der Waals surface area contributed by atoms with Gasteiger partial charge in [-0.3, -0.25) is 0 Å². The molecule has 0 spiro atoms. The molecular weight excluding hydrogens is 244 g/mol. The van der Waals surface area contributed by atoms with E-state index in [0.29, 0.717) is 11.7 Å². The third kappa shape index (κ3) is 2.65. The van der Waals surface area contributed by atoms with Crippen LogP contribution in [0.15, 0.2) is 23.6 Å². The van der Waals surface area contributed by atoms with Crippen molar-refractivity contribution in [3.8, 4) is 5.75 Å². The molecule has 1 aromatic carbocycles. The second-order valence-corrected chi connectivity index (χ2v) is 4.67. The van der Waals surface area contributed by atoms with E-state index in [4.69, 9.17) is 22.1 Å². The fourth-order valence-electron chi connectivity index (χ4n) is 1.25. The summed E-state index contributed by atoms with van der Waals surface area (Å²) in [6.07, 6.45) is 0. The number of rotatable bonds is 3. The van der Waals surface area contributed by atoms with Crippen LogP contribution in [0.5, 0.6) is 5.75 Å². The number of nitrogens with zero attached hydrogens (tertiary/aromatic N) is 1. The second-order valence-electron chi connectivity index (χ2n) is 3.38. The summed E-state index contributed by atoms with van der Waals surface area (Å²) in [4.78, 5) is 4.11. The molecule has 0 fully saturated rings. The summed E-state index contributed by atoms with van der Waals surface area (Å²) < 4.78 is 5.57. The average Bonchev–Trinajstić information content (AvgIpc) is 2.66. The molecule has 84 valence electrons. The normalized spacial score (nSPS) is 10.4. The lowest BCUT2D eigenvalue weighted by Crippen LogP contribution is -1.96. The van der Waals surface area contributed by atoms with E-state index in [2.05, 4.69) is 4.98 Å². The van der Waals surface area contributed by atoms with Gasteiger partial charge in [0.25, 0.3) is 0 Å². The third-order valence-electron chi connectivity index (χ3n) is 2.09. The van der Waals surface area contributed by atoms with Gasteiger partial charge in [-0.25, -0.2) is 4.98 Å². The molecule has 1 aromatic heterocycles. The summed E-state index contributed by atoms with van der Waals surface area (Å²) in [5.74, 6) is 0.786. The number of aryl methyl sites for hydroxylation is 1. The lowest BCUT2D eigenvalue weighted by molar-refractivity contribution is 0.302. The quantitative estimate of drug-likeness (QED) is 0.915. The molecule has 16 heavy (non-hydrogen) atoms. The monoisotopic (exact) mass is 254 g/mol. The highest BCUT2D eigenvalue weighted by atomic mass is 35.5. The van der Waals surface area contributed by atoms with Crippen molar-refractivity contribution in [2.24, 2.45) is 0 Å². The predicted octanol–water partition coefficient (Wildman–Crippen LogP) is 3.27. The fraction of sp³-hybridized carbons (Fsp3) is 0.182. The van der Waals surface area contributed by atoms with E-state index in [9.17, 15) is 0 Å². The van der Waals surface area contributed by atoms with Crippen LogP contribution in [0.1, 0.15) is 11.3 Å². The van der Waals surface area contributed by atoms with E-state index in [0.717, 1.165) is 22.0 Å². The summed E-state index contributed by atoms with van der Waals surface area (Å²) in [5.41, 5.74) is 7.37. The van der Waals surface area contributed by atoms with Gasteiger partial charge in [0, 0.05) is 10.4 Å². The number of hydrogen-bond donors (Lipinski definition) is 1. The molecule has 0 aliphatic rings. The Morgan fingerprint density at radius 3 is 2.94 bits per heavy atom. The highest BCUT2D eigenvalue weighted by Gasteiger charge is 2.02. The number of nitrogens with two attached hydrogens (primary N) is 1. The molecule has 2 aromatic rings. The SMILES string of the molecule is Cc1cc(OCc2csc(N)n2)ccc1Cl.